The molecular weight excluding hydrogens is 344 g/mol. The maximum atomic E-state index is 12.5. The van der Waals surface area contributed by atoms with Gasteiger partial charge in [0.1, 0.15) is 0 Å². The van der Waals surface area contributed by atoms with Crippen LogP contribution in [0.5, 0.6) is 0 Å². The lowest BCUT2D eigenvalue weighted by atomic mass is 10.1. The number of rotatable bonds is 4. The molecule has 1 aliphatic rings. The topological polar surface area (TPSA) is 17.1 Å². The second-order valence-corrected chi connectivity index (χ2v) is 7.75. The van der Waals surface area contributed by atoms with Gasteiger partial charge in [0.25, 0.3) is 0 Å². The lowest BCUT2D eigenvalue weighted by molar-refractivity contribution is 0.0994. The van der Waals surface area contributed by atoms with Crippen molar-refractivity contribution in [3.05, 3.63) is 63.6 Å². The lowest BCUT2D eigenvalue weighted by Gasteiger charge is -2.11. The molecular formula is C18H17BrOS. The second kappa shape index (κ2) is 6.37. The molecule has 1 nitrogen and oxygen atoms in total. The Morgan fingerprint density at radius 3 is 2.57 bits per heavy atom. The molecule has 1 unspecified atom stereocenters. The predicted molar refractivity (Wildman–Crippen MR) is 92.3 cm³/mol. The maximum Gasteiger partial charge on any atom is 0.175 e. The first-order valence-electron chi connectivity index (χ1n) is 7.22. The molecule has 0 N–H and O–H groups in total. The monoisotopic (exact) mass is 360 g/mol. The van der Waals surface area contributed by atoms with Gasteiger partial charge in [-0.15, -0.1) is 11.8 Å². The fourth-order valence-electron chi connectivity index (χ4n) is 2.73. The normalized spacial score (nSPS) is 14.8. The number of thioether (sulfide) groups is 1. The highest BCUT2D eigenvalue weighted by atomic mass is 79.9. The molecule has 0 saturated heterocycles. The Bertz CT molecular complexity index is 663. The van der Waals surface area contributed by atoms with Crippen LogP contribution in [0.4, 0.5) is 0 Å². The molecule has 3 rings (SSSR count). The molecule has 0 bridgehead atoms. The van der Waals surface area contributed by atoms with E-state index in [0.717, 1.165) is 10.0 Å². The summed E-state index contributed by atoms with van der Waals surface area (Å²) >= 11 is 5.05. The van der Waals surface area contributed by atoms with Crippen LogP contribution >= 0.6 is 27.7 Å². The van der Waals surface area contributed by atoms with Gasteiger partial charge in [0.15, 0.2) is 5.78 Å². The van der Waals surface area contributed by atoms with E-state index in [1.165, 1.54) is 35.3 Å². The fourth-order valence-corrected chi connectivity index (χ4v) is 4.00. The molecule has 0 heterocycles. The minimum atomic E-state index is -0.0642. The summed E-state index contributed by atoms with van der Waals surface area (Å²) < 4.78 is 0.998. The molecule has 2 aromatic rings. The molecule has 2 aromatic carbocycles. The molecule has 0 spiro atoms. The minimum absolute atomic E-state index is 0.0642. The highest BCUT2D eigenvalue weighted by Gasteiger charge is 2.18. The van der Waals surface area contributed by atoms with Crippen molar-refractivity contribution >= 4 is 33.5 Å². The number of hydrogen-bond donors (Lipinski definition) is 0. The van der Waals surface area contributed by atoms with Gasteiger partial charge in [-0.05, 0) is 61.6 Å². The Morgan fingerprint density at radius 1 is 1.10 bits per heavy atom. The largest absolute Gasteiger partial charge is 0.293 e. The van der Waals surface area contributed by atoms with Crippen molar-refractivity contribution in [3.63, 3.8) is 0 Å². The summed E-state index contributed by atoms with van der Waals surface area (Å²) in [7, 11) is 0. The van der Waals surface area contributed by atoms with Crippen molar-refractivity contribution in [2.24, 2.45) is 0 Å². The first-order chi connectivity index (χ1) is 10.1. The van der Waals surface area contributed by atoms with Crippen LogP contribution < -0.4 is 0 Å². The maximum absolute atomic E-state index is 12.5. The van der Waals surface area contributed by atoms with E-state index in [-0.39, 0.29) is 11.0 Å². The Morgan fingerprint density at radius 2 is 1.81 bits per heavy atom. The Labute approximate surface area is 138 Å². The second-order valence-electron chi connectivity index (χ2n) is 5.42. The quantitative estimate of drug-likeness (QED) is 0.543. The third-order valence-electron chi connectivity index (χ3n) is 3.88. The van der Waals surface area contributed by atoms with Crippen LogP contribution in [0.1, 0.15) is 34.8 Å². The number of carbonyl (C=O) groups is 1. The third-order valence-corrected chi connectivity index (χ3v) is 5.50. The molecule has 3 heteroatoms. The number of halogens is 1. The van der Waals surface area contributed by atoms with Crippen molar-refractivity contribution in [1.82, 2.24) is 0 Å². The van der Waals surface area contributed by atoms with Crippen molar-refractivity contribution in [1.29, 1.82) is 0 Å². The van der Waals surface area contributed by atoms with E-state index in [4.69, 9.17) is 0 Å². The summed E-state index contributed by atoms with van der Waals surface area (Å²) in [6.45, 7) is 1.99. The summed E-state index contributed by atoms with van der Waals surface area (Å²) in [5.74, 6) is 0.188. The summed E-state index contributed by atoms with van der Waals surface area (Å²) in [5.41, 5.74) is 3.72. The standard InChI is InChI=1S/C18H17BrOS/c1-12(18(20)14-5-8-16(19)9-6-14)21-17-10-7-13-3-2-4-15(13)11-17/h5-12H,2-4H2,1H3. The summed E-state index contributed by atoms with van der Waals surface area (Å²) in [6, 6.07) is 14.2. The molecule has 0 radical (unpaired) electrons. The average molecular weight is 361 g/mol. The van der Waals surface area contributed by atoms with E-state index < -0.39 is 0 Å². The van der Waals surface area contributed by atoms with Crippen LogP contribution in [0.15, 0.2) is 51.8 Å². The molecule has 0 fully saturated rings. The van der Waals surface area contributed by atoms with Gasteiger partial charge >= 0.3 is 0 Å². The number of ketones is 1. The van der Waals surface area contributed by atoms with Crippen molar-refractivity contribution < 1.29 is 4.79 Å². The molecule has 0 aliphatic heterocycles. The third kappa shape index (κ3) is 3.41. The van der Waals surface area contributed by atoms with E-state index in [1.54, 1.807) is 11.8 Å². The molecule has 1 atom stereocenters. The van der Waals surface area contributed by atoms with Gasteiger partial charge in [-0.1, -0.05) is 34.1 Å². The number of fused-ring (bicyclic) bond motifs is 1. The zero-order chi connectivity index (χ0) is 14.8. The van der Waals surface area contributed by atoms with E-state index in [2.05, 4.69) is 34.1 Å². The Hall–Kier alpha value is -1.06. The van der Waals surface area contributed by atoms with Gasteiger partial charge in [-0.2, -0.15) is 0 Å². The van der Waals surface area contributed by atoms with E-state index in [9.17, 15) is 4.79 Å². The predicted octanol–water partition coefficient (Wildman–Crippen LogP) is 5.30. The van der Waals surface area contributed by atoms with Gasteiger partial charge < -0.3 is 0 Å². The number of Topliss-reactive ketones (excluding diaryl/α,β-unsaturated/α-hetero) is 1. The number of carbonyl (C=O) groups excluding carboxylic acids is 1. The van der Waals surface area contributed by atoms with Gasteiger partial charge in [-0.25, -0.2) is 0 Å². The molecule has 0 saturated carbocycles. The van der Waals surface area contributed by atoms with E-state index >= 15 is 0 Å². The molecule has 0 amide bonds. The van der Waals surface area contributed by atoms with Gasteiger partial charge in [0.2, 0.25) is 0 Å². The first kappa shape index (κ1) is 14.9. The zero-order valence-corrected chi connectivity index (χ0v) is 14.3. The molecule has 0 aromatic heterocycles. The van der Waals surface area contributed by atoms with Gasteiger partial charge in [-0.3, -0.25) is 4.79 Å². The lowest BCUT2D eigenvalue weighted by Crippen LogP contribution is -2.13. The van der Waals surface area contributed by atoms with Crippen molar-refractivity contribution in [2.75, 3.05) is 0 Å². The van der Waals surface area contributed by atoms with E-state index in [1.807, 2.05) is 31.2 Å². The fraction of sp³-hybridized carbons (Fsp3) is 0.278. The molecule has 108 valence electrons. The molecule has 1 aliphatic carbocycles. The first-order valence-corrected chi connectivity index (χ1v) is 8.89. The van der Waals surface area contributed by atoms with Crippen LogP contribution in [-0.4, -0.2) is 11.0 Å². The van der Waals surface area contributed by atoms with Crippen LogP contribution in [0.25, 0.3) is 0 Å². The number of benzene rings is 2. The highest BCUT2D eigenvalue weighted by Crippen LogP contribution is 2.31. The van der Waals surface area contributed by atoms with Gasteiger partial charge in [0.05, 0.1) is 5.25 Å². The zero-order valence-electron chi connectivity index (χ0n) is 11.9. The summed E-state index contributed by atoms with van der Waals surface area (Å²) in [6.07, 6.45) is 3.64. The summed E-state index contributed by atoms with van der Waals surface area (Å²) in [5, 5.41) is -0.0642. The van der Waals surface area contributed by atoms with Crippen molar-refractivity contribution in [2.45, 2.75) is 36.3 Å². The minimum Gasteiger partial charge on any atom is -0.293 e. The Balaban J connectivity index is 1.72. The van der Waals surface area contributed by atoms with Crippen molar-refractivity contribution in [3.8, 4) is 0 Å². The van der Waals surface area contributed by atoms with Gasteiger partial charge in [0, 0.05) is 14.9 Å². The smallest absolute Gasteiger partial charge is 0.175 e. The summed E-state index contributed by atoms with van der Waals surface area (Å²) in [4.78, 5) is 13.7. The van der Waals surface area contributed by atoms with E-state index in [0.29, 0.717) is 0 Å². The average Bonchev–Trinajstić information content (AvgIpc) is 2.95. The highest BCUT2D eigenvalue weighted by molar-refractivity contribution is 9.10. The number of aryl methyl sites for hydroxylation is 2. The number of hydrogen-bond acceptors (Lipinski definition) is 2. The SMILES string of the molecule is CC(Sc1ccc2c(c1)CCC2)C(=O)c1ccc(Br)cc1. The van der Waals surface area contributed by atoms with Crippen LogP contribution in [-0.2, 0) is 12.8 Å². The van der Waals surface area contributed by atoms with Crippen LogP contribution in [0.3, 0.4) is 0 Å². The van der Waals surface area contributed by atoms with Crippen LogP contribution in [0.2, 0.25) is 0 Å². The molecule has 21 heavy (non-hydrogen) atoms. The Kier molecular flexibility index (Phi) is 4.51. The van der Waals surface area contributed by atoms with Crippen LogP contribution in [0, 0.1) is 0 Å².